The SMILES string of the molecule is CCOc1nn(C)cc1NC(=O)N1CCCC2CC21. The lowest BCUT2D eigenvalue weighted by molar-refractivity contribution is 0.195. The number of carbonyl (C=O) groups is 1. The summed E-state index contributed by atoms with van der Waals surface area (Å²) < 4.78 is 7.07. The van der Waals surface area contributed by atoms with Gasteiger partial charge in [0.05, 0.1) is 12.8 Å². The molecular weight excluding hydrogens is 244 g/mol. The molecule has 1 aromatic heterocycles. The number of ether oxygens (including phenoxy) is 1. The van der Waals surface area contributed by atoms with E-state index < -0.39 is 0 Å². The molecule has 6 heteroatoms. The van der Waals surface area contributed by atoms with Crippen LogP contribution in [0.15, 0.2) is 6.20 Å². The molecule has 0 spiro atoms. The second-order valence-corrected chi connectivity index (χ2v) is 5.28. The van der Waals surface area contributed by atoms with Gasteiger partial charge in [-0.2, -0.15) is 0 Å². The van der Waals surface area contributed by atoms with Gasteiger partial charge in [0, 0.05) is 19.6 Å². The first-order chi connectivity index (χ1) is 9.19. The summed E-state index contributed by atoms with van der Waals surface area (Å²) in [5.41, 5.74) is 0.650. The van der Waals surface area contributed by atoms with Gasteiger partial charge >= 0.3 is 6.03 Å². The normalized spacial score (nSPS) is 24.8. The molecule has 0 bridgehead atoms. The first-order valence-electron chi connectivity index (χ1n) is 6.93. The molecule has 104 valence electrons. The van der Waals surface area contributed by atoms with E-state index in [4.69, 9.17) is 4.74 Å². The summed E-state index contributed by atoms with van der Waals surface area (Å²) in [7, 11) is 1.82. The van der Waals surface area contributed by atoms with Crippen LogP contribution in [-0.4, -0.2) is 39.9 Å². The molecule has 6 nitrogen and oxygen atoms in total. The fraction of sp³-hybridized carbons (Fsp3) is 0.692. The Labute approximate surface area is 112 Å². The number of rotatable bonds is 3. The third kappa shape index (κ3) is 2.39. The monoisotopic (exact) mass is 264 g/mol. The van der Waals surface area contributed by atoms with Crippen LogP contribution in [-0.2, 0) is 7.05 Å². The number of piperidine rings is 1. The summed E-state index contributed by atoms with van der Waals surface area (Å²) in [6.07, 6.45) is 5.32. The van der Waals surface area contributed by atoms with Crippen LogP contribution in [0.3, 0.4) is 0 Å². The molecule has 0 radical (unpaired) electrons. The smallest absolute Gasteiger partial charge is 0.322 e. The molecule has 1 saturated heterocycles. The molecule has 1 saturated carbocycles. The second-order valence-electron chi connectivity index (χ2n) is 5.28. The molecule has 2 unspecified atom stereocenters. The number of urea groups is 1. The van der Waals surface area contributed by atoms with E-state index in [2.05, 4.69) is 10.4 Å². The molecule has 1 N–H and O–H groups in total. The highest BCUT2D eigenvalue weighted by Gasteiger charge is 2.46. The number of likely N-dealkylation sites (tertiary alicyclic amines) is 1. The maximum Gasteiger partial charge on any atom is 0.322 e. The van der Waals surface area contributed by atoms with Crippen molar-refractivity contribution in [3.05, 3.63) is 6.20 Å². The zero-order chi connectivity index (χ0) is 13.4. The van der Waals surface area contributed by atoms with Gasteiger partial charge in [-0.25, -0.2) is 4.79 Å². The average molecular weight is 264 g/mol. The lowest BCUT2D eigenvalue weighted by atomic mass is 10.1. The second kappa shape index (κ2) is 4.75. The summed E-state index contributed by atoms with van der Waals surface area (Å²) in [6.45, 7) is 3.30. The van der Waals surface area contributed by atoms with Crippen LogP contribution in [0.4, 0.5) is 10.5 Å². The minimum atomic E-state index is -0.0267. The van der Waals surface area contributed by atoms with Crippen molar-refractivity contribution < 1.29 is 9.53 Å². The minimum Gasteiger partial charge on any atom is -0.475 e. The number of nitrogens with zero attached hydrogens (tertiary/aromatic N) is 3. The maximum atomic E-state index is 12.3. The van der Waals surface area contributed by atoms with Crippen molar-refractivity contribution in [2.24, 2.45) is 13.0 Å². The van der Waals surface area contributed by atoms with Gasteiger partial charge in [-0.05, 0) is 32.1 Å². The average Bonchev–Trinajstić information content (AvgIpc) is 3.09. The first kappa shape index (κ1) is 12.3. The van der Waals surface area contributed by atoms with Crippen LogP contribution in [0.1, 0.15) is 26.2 Å². The molecule has 2 amide bonds. The molecule has 1 aliphatic carbocycles. The third-order valence-corrected chi connectivity index (χ3v) is 3.84. The van der Waals surface area contributed by atoms with Gasteiger partial charge in [0.25, 0.3) is 5.88 Å². The van der Waals surface area contributed by atoms with Crippen LogP contribution in [0.25, 0.3) is 0 Å². The number of hydrogen-bond acceptors (Lipinski definition) is 3. The fourth-order valence-electron chi connectivity index (χ4n) is 2.85. The summed E-state index contributed by atoms with van der Waals surface area (Å²) in [6, 6.07) is 0.433. The molecule has 3 rings (SSSR count). The largest absolute Gasteiger partial charge is 0.475 e. The fourth-order valence-corrected chi connectivity index (χ4v) is 2.85. The van der Waals surface area contributed by atoms with E-state index >= 15 is 0 Å². The number of hydrogen-bond donors (Lipinski definition) is 1. The molecule has 0 aromatic carbocycles. The number of amides is 2. The van der Waals surface area contributed by atoms with E-state index in [1.807, 2.05) is 18.9 Å². The summed E-state index contributed by atoms with van der Waals surface area (Å²) in [4.78, 5) is 14.2. The Morgan fingerprint density at radius 2 is 2.47 bits per heavy atom. The van der Waals surface area contributed by atoms with Gasteiger partial charge in [-0.1, -0.05) is 0 Å². The number of aromatic nitrogens is 2. The lowest BCUT2D eigenvalue weighted by Gasteiger charge is -2.26. The zero-order valence-corrected chi connectivity index (χ0v) is 11.4. The predicted octanol–water partition coefficient (Wildman–Crippen LogP) is 1.83. The number of carbonyl (C=O) groups excluding carboxylic acids is 1. The predicted molar refractivity (Wildman–Crippen MR) is 71.2 cm³/mol. The lowest BCUT2D eigenvalue weighted by Crippen LogP contribution is -2.40. The molecular formula is C13H20N4O2. The number of aryl methyl sites for hydroxylation is 1. The summed E-state index contributed by atoms with van der Waals surface area (Å²) in [5.74, 6) is 1.22. The zero-order valence-electron chi connectivity index (χ0n) is 11.4. The highest BCUT2D eigenvalue weighted by atomic mass is 16.5. The quantitative estimate of drug-likeness (QED) is 0.906. The Kier molecular flexibility index (Phi) is 3.08. The highest BCUT2D eigenvalue weighted by molar-refractivity contribution is 5.91. The molecule has 2 fully saturated rings. The summed E-state index contributed by atoms with van der Waals surface area (Å²) >= 11 is 0. The van der Waals surface area contributed by atoms with Crippen LogP contribution < -0.4 is 10.1 Å². The topological polar surface area (TPSA) is 59.4 Å². The van der Waals surface area contributed by atoms with Gasteiger partial charge in [0.2, 0.25) is 0 Å². The van der Waals surface area contributed by atoms with E-state index in [9.17, 15) is 4.79 Å². The molecule has 1 aliphatic heterocycles. The van der Waals surface area contributed by atoms with Crippen molar-refractivity contribution in [2.45, 2.75) is 32.2 Å². The minimum absolute atomic E-state index is 0.0267. The molecule has 2 atom stereocenters. The Morgan fingerprint density at radius 3 is 3.26 bits per heavy atom. The van der Waals surface area contributed by atoms with E-state index in [-0.39, 0.29) is 6.03 Å². The molecule has 2 heterocycles. The number of nitrogens with one attached hydrogen (secondary N) is 1. The Morgan fingerprint density at radius 1 is 1.63 bits per heavy atom. The Hall–Kier alpha value is -1.72. The van der Waals surface area contributed by atoms with Crippen LogP contribution in [0, 0.1) is 5.92 Å². The maximum absolute atomic E-state index is 12.3. The van der Waals surface area contributed by atoms with Crippen LogP contribution >= 0.6 is 0 Å². The number of anilines is 1. The van der Waals surface area contributed by atoms with E-state index in [0.29, 0.717) is 24.2 Å². The van der Waals surface area contributed by atoms with Crippen molar-refractivity contribution >= 4 is 11.7 Å². The van der Waals surface area contributed by atoms with E-state index in [1.54, 1.807) is 10.9 Å². The van der Waals surface area contributed by atoms with Crippen molar-refractivity contribution in [1.29, 1.82) is 0 Å². The Bertz CT molecular complexity index is 485. The Balaban J connectivity index is 1.68. The summed E-state index contributed by atoms with van der Waals surface area (Å²) in [5, 5.41) is 7.11. The van der Waals surface area contributed by atoms with Crippen LogP contribution in [0.5, 0.6) is 5.88 Å². The molecule has 1 aromatic rings. The van der Waals surface area contributed by atoms with Crippen LogP contribution in [0.2, 0.25) is 0 Å². The standard InChI is InChI=1S/C13H20N4O2/c1-3-19-12-10(8-16(2)15-12)14-13(18)17-6-4-5-9-7-11(9)17/h8-9,11H,3-7H2,1-2H3,(H,14,18). The van der Waals surface area contributed by atoms with E-state index in [1.165, 1.54) is 12.8 Å². The highest BCUT2D eigenvalue weighted by Crippen LogP contribution is 2.43. The van der Waals surface area contributed by atoms with Gasteiger partial charge in [0.1, 0.15) is 5.69 Å². The van der Waals surface area contributed by atoms with Gasteiger partial charge in [-0.3, -0.25) is 4.68 Å². The van der Waals surface area contributed by atoms with Crippen molar-refractivity contribution in [1.82, 2.24) is 14.7 Å². The van der Waals surface area contributed by atoms with Gasteiger partial charge in [0.15, 0.2) is 0 Å². The van der Waals surface area contributed by atoms with Crippen molar-refractivity contribution in [3.8, 4) is 5.88 Å². The van der Waals surface area contributed by atoms with Crippen molar-refractivity contribution in [2.75, 3.05) is 18.5 Å². The van der Waals surface area contributed by atoms with E-state index in [0.717, 1.165) is 18.9 Å². The molecule has 19 heavy (non-hydrogen) atoms. The molecule has 2 aliphatic rings. The van der Waals surface area contributed by atoms with Gasteiger partial charge in [-0.15, -0.1) is 5.10 Å². The van der Waals surface area contributed by atoms with Crippen molar-refractivity contribution in [3.63, 3.8) is 0 Å². The third-order valence-electron chi connectivity index (χ3n) is 3.84. The first-order valence-corrected chi connectivity index (χ1v) is 6.93. The number of fused-ring (bicyclic) bond motifs is 1. The van der Waals surface area contributed by atoms with Gasteiger partial charge < -0.3 is 15.0 Å².